The van der Waals surface area contributed by atoms with Gasteiger partial charge < -0.3 is 19.7 Å². The molecule has 0 saturated carbocycles. The number of carbonyl (C=O) groups is 3. The largest absolute Gasteiger partial charge is 0.478 e. The lowest BCUT2D eigenvalue weighted by molar-refractivity contribution is 0.0411. The quantitative estimate of drug-likeness (QED) is 0.710. The van der Waals surface area contributed by atoms with Gasteiger partial charge in [-0.05, 0) is 45.9 Å². The summed E-state index contributed by atoms with van der Waals surface area (Å²) in [5, 5.41) is 20.4. The fourth-order valence-electron chi connectivity index (χ4n) is 1.62. The van der Waals surface area contributed by atoms with Gasteiger partial charge in [0.2, 0.25) is 0 Å². The van der Waals surface area contributed by atoms with Crippen LogP contribution >= 0.6 is 0 Å². The summed E-state index contributed by atoms with van der Waals surface area (Å²) in [6.07, 6.45) is -1.56. The van der Waals surface area contributed by atoms with E-state index in [-0.39, 0.29) is 16.9 Å². The van der Waals surface area contributed by atoms with Gasteiger partial charge in [-0.3, -0.25) is 5.32 Å². The van der Waals surface area contributed by atoms with E-state index in [0.29, 0.717) is 0 Å². The third-order valence-corrected chi connectivity index (χ3v) is 2.43. The van der Waals surface area contributed by atoms with Crippen molar-refractivity contribution in [1.82, 2.24) is 5.32 Å². The van der Waals surface area contributed by atoms with Gasteiger partial charge in [0, 0.05) is 0 Å². The molecule has 126 valence electrons. The molecule has 0 aliphatic carbocycles. The number of aromatic carboxylic acids is 2. The highest BCUT2D eigenvalue weighted by atomic mass is 16.6. The molecule has 0 aliphatic rings. The number of benzene rings is 1. The van der Waals surface area contributed by atoms with Crippen LogP contribution in [0.3, 0.4) is 0 Å². The summed E-state index contributed by atoms with van der Waals surface area (Å²) in [6, 6.07) is 3.35. The molecule has 23 heavy (non-hydrogen) atoms. The maximum absolute atomic E-state index is 11.6. The van der Waals surface area contributed by atoms with Crippen LogP contribution in [-0.4, -0.2) is 40.1 Å². The smallest absolute Gasteiger partial charge is 0.410 e. The Morgan fingerprint density at radius 1 is 1.04 bits per heavy atom. The zero-order valence-corrected chi connectivity index (χ0v) is 13.2. The molecular weight excluding hydrogens is 306 g/mol. The first kappa shape index (κ1) is 18.3. The Morgan fingerprint density at radius 3 is 1.91 bits per heavy atom. The van der Waals surface area contributed by atoms with Crippen molar-refractivity contribution >= 4 is 18.0 Å². The molecule has 0 saturated heterocycles. The summed E-state index contributed by atoms with van der Waals surface area (Å²) in [6.45, 7) is 6.60. The number of rotatable bonds is 5. The summed E-state index contributed by atoms with van der Waals surface area (Å²) in [7, 11) is 0. The Hall–Kier alpha value is -2.77. The minimum Gasteiger partial charge on any atom is -0.478 e. The predicted octanol–water partition coefficient (Wildman–Crippen LogP) is 2.33. The highest BCUT2D eigenvalue weighted by Crippen LogP contribution is 2.19. The number of nitrogens with one attached hydrogen (secondary N) is 1. The third kappa shape index (κ3) is 6.25. The average Bonchev–Trinajstić information content (AvgIpc) is 2.35. The first-order chi connectivity index (χ1) is 10.5. The maximum Gasteiger partial charge on any atom is 0.410 e. The first-order valence-corrected chi connectivity index (χ1v) is 6.76. The van der Waals surface area contributed by atoms with Crippen molar-refractivity contribution in [2.24, 2.45) is 0 Å². The van der Waals surface area contributed by atoms with E-state index in [1.807, 2.05) is 0 Å². The van der Waals surface area contributed by atoms with Gasteiger partial charge >= 0.3 is 18.0 Å². The zero-order chi connectivity index (χ0) is 17.8. The topological polar surface area (TPSA) is 122 Å². The normalized spacial score (nSPS) is 12.2. The van der Waals surface area contributed by atoms with E-state index < -0.39 is 29.9 Å². The molecule has 0 bridgehead atoms. The first-order valence-electron chi connectivity index (χ1n) is 6.76. The number of alkyl carbamates (subject to hydrolysis) is 1. The van der Waals surface area contributed by atoms with Gasteiger partial charge in [0.05, 0.1) is 11.1 Å². The molecule has 8 heteroatoms. The van der Waals surface area contributed by atoms with Gasteiger partial charge in [-0.2, -0.15) is 0 Å². The van der Waals surface area contributed by atoms with E-state index in [2.05, 4.69) is 5.32 Å². The molecule has 1 amide bonds. The van der Waals surface area contributed by atoms with Crippen molar-refractivity contribution in [2.75, 3.05) is 0 Å². The Kier molecular flexibility index (Phi) is 5.56. The predicted molar refractivity (Wildman–Crippen MR) is 79.8 cm³/mol. The van der Waals surface area contributed by atoms with Crippen LogP contribution in [0.4, 0.5) is 4.79 Å². The zero-order valence-electron chi connectivity index (χ0n) is 13.2. The number of carboxylic acids is 2. The lowest BCUT2D eigenvalue weighted by Gasteiger charge is -2.22. The van der Waals surface area contributed by atoms with Crippen LogP contribution in [0.2, 0.25) is 0 Å². The van der Waals surface area contributed by atoms with Gasteiger partial charge in [0.15, 0.2) is 6.23 Å². The molecule has 0 fully saturated rings. The average molecular weight is 325 g/mol. The van der Waals surface area contributed by atoms with Crippen molar-refractivity contribution < 1.29 is 34.1 Å². The van der Waals surface area contributed by atoms with E-state index in [9.17, 15) is 14.4 Å². The lowest BCUT2D eigenvalue weighted by Crippen LogP contribution is -2.40. The van der Waals surface area contributed by atoms with Crippen molar-refractivity contribution in [3.8, 4) is 5.75 Å². The molecule has 1 unspecified atom stereocenters. The minimum absolute atomic E-state index is 0.00542. The van der Waals surface area contributed by atoms with Gasteiger partial charge in [-0.25, -0.2) is 14.4 Å². The number of hydrogen-bond donors (Lipinski definition) is 3. The van der Waals surface area contributed by atoms with Crippen molar-refractivity contribution in [1.29, 1.82) is 0 Å². The highest BCUT2D eigenvalue weighted by molar-refractivity contribution is 5.94. The van der Waals surface area contributed by atoms with Crippen molar-refractivity contribution in [3.63, 3.8) is 0 Å². The van der Waals surface area contributed by atoms with E-state index >= 15 is 0 Å². The van der Waals surface area contributed by atoms with Crippen LogP contribution in [0.15, 0.2) is 18.2 Å². The number of hydrogen-bond acceptors (Lipinski definition) is 5. The van der Waals surface area contributed by atoms with E-state index in [1.165, 1.54) is 19.1 Å². The summed E-state index contributed by atoms with van der Waals surface area (Å²) in [5.41, 5.74) is -1.14. The number of carboxylic acid groups (broad SMARTS) is 2. The second kappa shape index (κ2) is 6.99. The second-order valence-corrected chi connectivity index (χ2v) is 5.76. The van der Waals surface area contributed by atoms with Crippen molar-refractivity contribution in [2.45, 2.75) is 39.5 Å². The maximum atomic E-state index is 11.6. The van der Waals surface area contributed by atoms with Crippen LogP contribution < -0.4 is 10.1 Å². The number of ether oxygens (including phenoxy) is 2. The fourth-order valence-corrected chi connectivity index (χ4v) is 1.62. The van der Waals surface area contributed by atoms with Crippen molar-refractivity contribution in [3.05, 3.63) is 29.3 Å². The number of carbonyl (C=O) groups excluding carboxylic acids is 1. The molecule has 1 aromatic rings. The van der Waals surface area contributed by atoms with Gasteiger partial charge in [0.1, 0.15) is 11.4 Å². The van der Waals surface area contributed by atoms with Crippen LogP contribution in [0.25, 0.3) is 0 Å². The molecule has 0 aliphatic heterocycles. The van der Waals surface area contributed by atoms with Gasteiger partial charge in [-0.1, -0.05) is 0 Å². The van der Waals surface area contributed by atoms with Crippen LogP contribution in [0.1, 0.15) is 48.4 Å². The molecule has 8 nitrogen and oxygen atoms in total. The summed E-state index contributed by atoms with van der Waals surface area (Å²) < 4.78 is 10.4. The van der Waals surface area contributed by atoms with E-state index in [4.69, 9.17) is 19.7 Å². The summed E-state index contributed by atoms with van der Waals surface area (Å²) in [4.78, 5) is 33.6. The second-order valence-electron chi connectivity index (χ2n) is 5.76. The molecule has 0 radical (unpaired) electrons. The number of amides is 1. The molecule has 0 heterocycles. The SMILES string of the molecule is CC(NC(=O)OC(C)(C)C)Oc1cc(C(=O)O)cc(C(=O)O)c1. The van der Waals surface area contributed by atoms with Crippen LogP contribution in [0.5, 0.6) is 5.75 Å². The molecule has 1 atom stereocenters. The Balaban J connectivity index is 2.85. The molecule has 1 rings (SSSR count). The highest BCUT2D eigenvalue weighted by Gasteiger charge is 2.19. The van der Waals surface area contributed by atoms with Crippen LogP contribution in [0, 0.1) is 0 Å². The molecule has 0 spiro atoms. The Labute approximate surface area is 133 Å². The Bertz CT molecular complexity index is 586. The standard InChI is InChI=1S/C15H19NO7/c1-8(16-14(21)23-15(2,3)4)22-11-6-9(12(17)18)5-10(7-11)13(19)20/h5-8H,1-4H3,(H,16,21)(H,17,18)(H,19,20). The Morgan fingerprint density at radius 2 is 1.52 bits per heavy atom. The van der Waals surface area contributed by atoms with Gasteiger partial charge in [-0.15, -0.1) is 0 Å². The fraction of sp³-hybridized carbons (Fsp3) is 0.400. The molecule has 3 N–H and O–H groups in total. The monoisotopic (exact) mass is 325 g/mol. The van der Waals surface area contributed by atoms with E-state index in [1.54, 1.807) is 20.8 Å². The molecule has 1 aromatic carbocycles. The molecular formula is C15H19NO7. The summed E-state index contributed by atoms with van der Waals surface area (Å²) in [5.74, 6) is -2.57. The minimum atomic E-state index is -1.29. The summed E-state index contributed by atoms with van der Waals surface area (Å²) >= 11 is 0. The van der Waals surface area contributed by atoms with E-state index in [0.717, 1.165) is 6.07 Å². The third-order valence-electron chi connectivity index (χ3n) is 2.43. The van der Waals surface area contributed by atoms with Gasteiger partial charge in [0.25, 0.3) is 0 Å². The van der Waals surface area contributed by atoms with Crippen LogP contribution in [-0.2, 0) is 4.74 Å². The lowest BCUT2D eigenvalue weighted by atomic mass is 10.1. The molecule has 0 aromatic heterocycles.